The Morgan fingerprint density at radius 3 is 1.00 bits per heavy atom. The van der Waals surface area contributed by atoms with Gasteiger partial charge in [-0.3, -0.25) is 0 Å². The van der Waals surface area contributed by atoms with E-state index >= 15 is 0 Å². The van der Waals surface area contributed by atoms with Crippen molar-refractivity contribution in [2.75, 3.05) is 0 Å². The van der Waals surface area contributed by atoms with E-state index in [1.807, 2.05) is 0 Å². The van der Waals surface area contributed by atoms with Crippen molar-refractivity contribution >= 4 is 23.1 Å². The summed E-state index contributed by atoms with van der Waals surface area (Å²) in [7, 11) is 0. The zero-order chi connectivity index (χ0) is 3.58. The van der Waals surface area contributed by atoms with E-state index in [0.717, 1.165) is 0 Å². The molecule has 0 aromatic rings. The summed E-state index contributed by atoms with van der Waals surface area (Å²) < 4.78 is 0. The second-order valence-corrected chi connectivity index (χ2v) is 0.238. The molecule has 10 heteroatoms. The van der Waals surface area contributed by atoms with E-state index < -0.39 is 5.09 Å². The van der Waals surface area contributed by atoms with Crippen LogP contribution in [0.4, 0.5) is 0 Å². The van der Waals surface area contributed by atoms with E-state index in [2.05, 4.69) is 0 Å². The standard InChI is InChI=1S/Mg.HNO3.5H2O.2H/c;2-1(3)4;;;;;;;/h;(H,2,3,4);5*1H2;;. The molecule has 0 heterocycles. The van der Waals surface area contributed by atoms with Crippen molar-refractivity contribution in [2.24, 2.45) is 0 Å². The van der Waals surface area contributed by atoms with E-state index in [9.17, 15) is 0 Å². The molecule has 9 nitrogen and oxygen atoms in total. The van der Waals surface area contributed by atoms with Crippen molar-refractivity contribution in [3.05, 3.63) is 10.1 Å². The molecule has 0 bridgehead atoms. The van der Waals surface area contributed by atoms with Crippen molar-refractivity contribution in [1.82, 2.24) is 0 Å². The fourth-order valence-corrected chi connectivity index (χ4v) is 0. The first kappa shape index (κ1) is 98.1. The monoisotopic (exact) mass is 179 g/mol. The van der Waals surface area contributed by atoms with E-state index in [-0.39, 0.29) is 50.4 Å². The fraction of sp³-hybridized carbons (Fsp3) is 0. The molecule has 11 N–H and O–H groups in total. The maximum absolute atomic E-state index is 8.36. The van der Waals surface area contributed by atoms with Gasteiger partial charge >= 0.3 is 23.1 Å². The minimum absolute atomic E-state index is 0. The van der Waals surface area contributed by atoms with Gasteiger partial charge in [-0.1, -0.05) is 0 Å². The van der Waals surface area contributed by atoms with E-state index in [1.165, 1.54) is 0 Å². The quantitative estimate of drug-likeness (QED) is 0.218. The molecule has 0 rings (SSSR count). The van der Waals surface area contributed by atoms with E-state index in [4.69, 9.17) is 15.3 Å². The van der Waals surface area contributed by atoms with Gasteiger partial charge in [-0.15, -0.1) is 10.1 Å². The number of hydrogen-bond acceptors (Lipinski definition) is 2. The molecule has 0 aromatic carbocycles. The lowest BCUT2D eigenvalue weighted by Gasteiger charge is -1.56. The van der Waals surface area contributed by atoms with Gasteiger partial charge in [0.15, 0.2) is 0 Å². The average molecular weight is 179 g/mol. The SMILES string of the molecule is O.O.O.O.O.O=[N+]([O-])O.[MgH2]. The lowest BCUT2D eigenvalue weighted by Crippen LogP contribution is -1.81. The first-order chi connectivity index (χ1) is 1.73. The molecule has 0 aliphatic rings. The minimum atomic E-state index is -1.50. The largest absolute Gasteiger partial charge is 0.412 e. The Morgan fingerprint density at radius 1 is 1.00 bits per heavy atom. The van der Waals surface area contributed by atoms with Crippen LogP contribution in [0.1, 0.15) is 0 Å². The Hall–Kier alpha value is -0.234. The topological polar surface area (TPSA) is 221 Å². The Labute approximate surface area is 71.4 Å². The molecular weight excluding hydrogens is 166 g/mol. The summed E-state index contributed by atoms with van der Waals surface area (Å²) in [4.78, 5) is 8.36. The first-order valence-corrected chi connectivity index (χ1v) is 0.565. The van der Waals surface area contributed by atoms with Crippen LogP contribution >= 0.6 is 0 Å². The van der Waals surface area contributed by atoms with Crippen LogP contribution < -0.4 is 0 Å². The third-order valence-electron chi connectivity index (χ3n) is 0. The van der Waals surface area contributed by atoms with Gasteiger partial charge in [0, 0.05) is 0 Å². The fourth-order valence-electron chi connectivity index (χ4n) is 0. The molecular formula is H13MgNO8. The van der Waals surface area contributed by atoms with Crippen LogP contribution in [0.25, 0.3) is 0 Å². The third-order valence-corrected chi connectivity index (χ3v) is 0. The summed E-state index contributed by atoms with van der Waals surface area (Å²) in [5.41, 5.74) is 0. The summed E-state index contributed by atoms with van der Waals surface area (Å²) in [6, 6.07) is 0. The van der Waals surface area contributed by atoms with Crippen molar-refractivity contribution in [3.63, 3.8) is 0 Å². The van der Waals surface area contributed by atoms with Gasteiger partial charge in [-0.2, -0.15) is 0 Å². The molecule has 0 amide bonds. The highest BCUT2D eigenvalue weighted by Gasteiger charge is 1.65. The summed E-state index contributed by atoms with van der Waals surface area (Å²) in [5, 5.41) is 13.6. The number of nitrogens with zero attached hydrogens (tertiary/aromatic N) is 1. The lowest BCUT2D eigenvalue weighted by molar-refractivity contribution is -0.742. The molecule has 0 saturated carbocycles. The maximum Gasteiger partial charge on any atom is 0.316 e. The molecule has 68 valence electrons. The van der Waals surface area contributed by atoms with Gasteiger partial charge in [0.1, 0.15) is 0 Å². The van der Waals surface area contributed by atoms with Crippen LogP contribution in [0.15, 0.2) is 0 Å². The molecule has 0 spiro atoms. The summed E-state index contributed by atoms with van der Waals surface area (Å²) in [6.07, 6.45) is 0. The van der Waals surface area contributed by atoms with Crippen LogP contribution in [-0.4, -0.2) is 60.7 Å². The van der Waals surface area contributed by atoms with Crippen LogP contribution in [0.2, 0.25) is 0 Å². The van der Waals surface area contributed by atoms with Crippen LogP contribution in [0, 0.1) is 10.1 Å². The number of hydrogen-bond donors (Lipinski definition) is 1. The average Bonchev–Trinajstić information content (AvgIpc) is 0.811. The van der Waals surface area contributed by atoms with Crippen molar-refractivity contribution in [2.45, 2.75) is 0 Å². The Kier molecular flexibility index (Phi) is 678. The maximum atomic E-state index is 8.36. The Bertz CT molecular complexity index is 32.2. The molecule has 0 saturated heterocycles. The molecule has 0 fully saturated rings. The zero-order valence-electron chi connectivity index (χ0n) is 4.21. The zero-order valence-corrected chi connectivity index (χ0v) is 4.21. The first-order valence-electron chi connectivity index (χ1n) is 0.565. The smallest absolute Gasteiger partial charge is 0.316 e. The molecule has 0 aliphatic heterocycles. The summed E-state index contributed by atoms with van der Waals surface area (Å²) >= 11 is 0. The summed E-state index contributed by atoms with van der Waals surface area (Å²) in [5.74, 6) is 0. The highest BCUT2D eigenvalue weighted by molar-refractivity contribution is 5.75. The second-order valence-electron chi connectivity index (χ2n) is 0.238. The molecule has 0 unspecified atom stereocenters. The van der Waals surface area contributed by atoms with Crippen molar-refractivity contribution in [3.8, 4) is 0 Å². The normalized spacial score (nSPS) is 2.40. The van der Waals surface area contributed by atoms with Gasteiger partial charge < -0.3 is 32.6 Å². The van der Waals surface area contributed by atoms with Gasteiger partial charge in [0.2, 0.25) is 0 Å². The second kappa shape index (κ2) is 69.1. The third kappa shape index (κ3) is 6510. The van der Waals surface area contributed by atoms with Crippen molar-refractivity contribution in [1.29, 1.82) is 0 Å². The highest BCUT2D eigenvalue weighted by Crippen LogP contribution is 1.38. The minimum Gasteiger partial charge on any atom is -0.412 e. The predicted octanol–water partition coefficient (Wildman–Crippen LogP) is -5.39. The Balaban J connectivity index is -0.00000000300. The van der Waals surface area contributed by atoms with E-state index in [1.54, 1.807) is 0 Å². The number of rotatable bonds is 0. The van der Waals surface area contributed by atoms with Gasteiger partial charge in [-0.25, -0.2) is 0 Å². The molecule has 0 aliphatic carbocycles. The Morgan fingerprint density at radius 2 is 1.00 bits per heavy atom. The van der Waals surface area contributed by atoms with Crippen LogP contribution in [-0.2, 0) is 0 Å². The molecule has 0 radical (unpaired) electrons. The van der Waals surface area contributed by atoms with Crippen molar-refractivity contribution < 1.29 is 37.7 Å². The van der Waals surface area contributed by atoms with Gasteiger partial charge in [0.05, 0.1) is 0 Å². The molecule has 10 heavy (non-hydrogen) atoms. The van der Waals surface area contributed by atoms with Gasteiger partial charge in [-0.05, 0) is 0 Å². The predicted molar refractivity (Wildman–Crippen MR) is 35.4 cm³/mol. The molecule has 0 atom stereocenters. The molecule has 0 aromatic heterocycles. The lowest BCUT2D eigenvalue weighted by atomic mass is 13.1. The van der Waals surface area contributed by atoms with Crippen LogP contribution in [0.3, 0.4) is 0 Å². The van der Waals surface area contributed by atoms with Gasteiger partial charge in [0.25, 0.3) is 5.09 Å². The van der Waals surface area contributed by atoms with E-state index in [0.29, 0.717) is 0 Å². The highest BCUT2D eigenvalue weighted by atomic mass is 24.3. The van der Waals surface area contributed by atoms with Crippen LogP contribution in [0.5, 0.6) is 0 Å². The summed E-state index contributed by atoms with van der Waals surface area (Å²) in [6.45, 7) is 0.